The quantitative estimate of drug-likeness (QED) is 0.819. The lowest BCUT2D eigenvalue weighted by Crippen LogP contribution is -2.37. The second kappa shape index (κ2) is 6.17. The number of hydrogen-bond acceptors (Lipinski definition) is 2. The van der Waals surface area contributed by atoms with Gasteiger partial charge in [-0.1, -0.05) is 0 Å². The van der Waals surface area contributed by atoms with Gasteiger partial charge in [-0.05, 0) is 31.0 Å². The summed E-state index contributed by atoms with van der Waals surface area (Å²) in [5.74, 6) is -1.25. The summed E-state index contributed by atoms with van der Waals surface area (Å²) < 4.78 is 77.1. The van der Waals surface area contributed by atoms with Crippen molar-refractivity contribution in [3.63, 3.8) is 0 Å². The van der Waals surface area contributed by atoms with Crippen molar-refractivity contribution in [2.45, 2.75) is 43.7 Å². The molecule has 0 aromatic heterocycles. The van der Waals surface area contributed by atoms with Gasteiger partial charge in [-0.25, -0.2) is 0 Å². The Hall–Kier alpha value is -2.26. The molecule has 2 amide bonds. The van der Waals surface area contributed by atoms with E-state index < -0.39 is 41.0 Å². The molecule has 1 heterocycles. The number of nitrogens with one attached hydrogen (secondary N) is 1. The van der Waals surface area contributed by atoms with Gasteiger partial charge in [0.25, 0.3) is 5.91 Å². The standard InChI is InChI=1S/C16H14F6N2O2/c17-15(18,19)9-3-8(4-10(5-9)16(20,21)22)14(26)23-11-6-13(25)24(7-11)12-1-2-12/h3-5,11-12H,1-2,6-7H2,(H,23,26). The SMILES string of the molecule is O=C(NC1CC(=O)N(C2CC2)C1)c1cc(C(F)(F)F)cc(C(F)(F)F)c1. The maximum absolute atomic E-state index is 12.9. The number of carbonyl (C=O) groups excluding carboxylic acids is 2. The first-order valence-corrected chi connectivity index (χ1v) is 7.85. The van der Waals surface area contributed by atoms with Crippen LogP contribution in [0.3, 0.4) is 0 Å². The maximum atomic E-state index is 12.9. The number of halogens is 6. The van der Waals surface area contributed by atoms with E-state index in [-0.39, 0.29) is 31.0 Å². The minimum Gasteiger partial charge on any atom is -0.347 e. The maximum Gasteiger partial charge on any atom is 0.416 e. The smallest absolute Gasteiger partial charge is 0.347 e. The van der Waals surface area contributed by atoms with Crippen LogP contribution < -0.4 is 5.32 Å². The number of carbonyl (C=O) groups is 2. The number of rotatable bonds is 3. The van der Waals surface area contributed by atoms with E-state index in [1.807, 2.05) is 0 Å². The molecule has 2 aliphatic rings. The first-order valence-electron chi connectivity index (χ1n) is 7.85. The summed E-state index contributed by atoms with van der Waals surface area (Å²) in [5, 5.41) is 2.36. The van der Waals surface area contributed by atoms with Crippen molar-refractivity contribution in [3.8, 4) is 0 Å². The van der Waals surface area contributed by atoms with E-state index in [2.05, 4.69) is 5.32 Å². The Labute approximate surface area is 144 Å². The highest BCUT2D eigenvalue weighted by molar-refractivity contribution is 5.95. The molecule has 0 spiro atoms. The van der Waals surface area contributed by atoms with Crippen LogP contribution in [0.1, 0.15) is 40.7 Å². The fraction of sp³-hybridized carbons (Fsp3) is 0.500. The zero-order valence-electron chi connectivity index (χ0n) is 13.2. The lowest BCUT2D eigenvalue weighted by molar-refractivity contribution is -0.143. The van der Waals surface area contributed by atoms with E-state index in [1.165, 1.54) is 0 Å². The molecule has 1 aromatic carbocycles. The fourth-order valence-electron chi connectivity index (χ4n) is 2.92. The summed E-state index contributed by atoms with van der Waals surface area (Å²) in [7, 11) is 0. The lowest BCUT2D eigenvalue weighted by atomic mass is 10.0. The van der Waals surface area contributed by atoms with Gasteiger partial charge < -0.3 is 10.2 Å². The third-order valence-corrected chi connectivity index (χ3v) is 4.33. The predicted molar refractivity (Wildman–Crippen MR) is 77.1 cm³/mol. The molecule has 1 aliphatic heterocycles. The lowest BCUT2D eigenvalue weighted by Gasteiger charge is -2.17. The molecule has 10 heteroatoms. The number of amides is 2. The van der Waals surface area contributed by atoms with Crippen molar-refractivity contribution in [1.29, 1.82) is 0 Å². The number of hydrogen-bond donors (Lipinski definition) is 1. The molecule has 0 bridgehead atoms. The van der Waals surface area contributed by atoms with Crippen LogP contribution in [0.2, 0.25) is 0 Å². The summed E-state index contributed by atoms with van der Waals surface area (Å²) >= 11 is 0. The molecular formula is C16H14F6N2O2. The topological polar surface area (TPSA) is 49.4 Å². The highest BCUT2D eigenvalue weighted by Crippen LogP contribution is 2.36. The Bertz CT molecular complexity index is 707. The van der Waals surface area contributed by atoms with Crippen molar-refractivity contribution in [2.75, 3.05) is 6.54 Å². The van der Waals surface area contributed by atoms with Crippen LogP contribution in [0.15, 0.2) is 18.2 Å². The summed E-state index contributed by atoms with van der Waals surface area (Å²) in [4.78, 5) is 25.6. The molecule has 26 heavy (non-hydrogen) atoms. The first-order chi connectivity index (χ1) is 11.9. The van der Waals surface area contributed by atoms with Gasteiger partial charge in [0.15, 0.2) is 0 Å². The Morgan fingerprint density at radius 2 is 1.54 bits per heavy atom. The van der Waals surface area contributed by atoms with Crippen LogP contribution in [0, 0.1) is 0 Å². The summed E-state index contributed by atoms with van der Waals surface area (Å²) in [6.45, 7) is 0.209. The summed E-state index contributed by atoms with van der Waals surface area (Å²) in [6, 6.07) is 0.194. The number of benzene rings is 1. The molecule has 1 saturated heterocycles. The largest absolute Gasteiger partial charge is 0.416 e. The Morgan fingerprint density at radius 3 is 2.00 bits per heavy atom. The van der Waals surface area contributed by atoms with E-state index in [0.717, 1.165) is 12.8 Å². The molecule has 1 atom stereocenters. The Balaban J connectivity index is 1.81. The Morgan fingerprint density at radius 1 is 1.00 bits per heavy atom. The third kappa shape index (κ3) is 3.94. The molecule has 1 unspecified atom stereocenters. The van der Waals surface area contributed by atoms with Gasteiger partial charge in [0.1, 0.15) is 0 Å². The zero-order valence-corrected chi connectivity index (χ0v) is 13.2. The number of nitrogens with zero attached hydrogens (tertiary/aromatic N) is 1. The second-order valence-electron chi connectivity index (χ2n) is 6.45. The Kier molecular flexibility index (Phi) is 4.40. The molecule has 1 saturated carbocycles. The molecule has 2 fully saturated rings. The summed E-state index contributed by atoms with van der Waals surface area (Å²) in [5.41, 5.74) is -3.86. The molecule has 1 N–H and O–H groups in total. The molecule has 142 valence electrons. The average Bonchev–Trinajstić information content (AvgIpc) is 3.29. The van der Waals surface area contributed by atoms with Gasteiger partial charge >= 0.3 is 12.4 Å². The molecule has 1 aliphatic carbocycles. The van der Waals surface area contributed by atoms with Crippen LogP contribution in [0.4, 0.5) is 26.3 Å². The van der Waals surface area contributed by atoms with Crippen molar-refractivity contribution in [1.82, 2.24) is 10.2 Å². The van der Waals surface area contributed by atoms with Gasteiger partial charge in [0, 0.05) is 24.6 Å². The van der Waals surface area contributed by atoms with E-state index in [4.69, 9.17) is 0 Å². The van der Waals surface area contributed by atoms with Crippen LogP contribution in [-0.2, 0) is 17.1 Å². The minimum atomic E-state index is -5.03. The van der Waals surface area contributed by atoms with E-state index in [9.17, 15) is 35.9 Å². The molecular weight excluding hydrogens is 366 g/mol. The number of likely N-dealkylation sites (tertiary alicyclic amines) is 1. The van der Waals surface area contributed by atoms with Crippen LogP contribution >= 0.6 is 0 Å². The predicted octanol–water partition coefficient (Wildman–Crippen LogP) is 3.22. The van der Waals surface area contributed by atoms with Crippen LogP contribution in [0.5, 0.6) is 0 Å². The van der Waals surface area contributed by atoms with Gasteiger partial charge in [-0.2, -0.15) is 26.3 Å². The fourth-order valence-corrected chi connectivity index (χ4v) is 2.92. The van der Waals surface area contributed by atoms with Gasteiger partial charge in [-0.3, -0.25) is 9.59 Å². The van der Waals surface area contributed by atoms with Crippen molar-refractivity contribution in [2.24, 2.45) is 0 Å². The normalized spacial score (nSPS) is 21.2. The van der Waals surface area contributed by atoms with E-state index in [0.29, 0.717) is 12.1 Å². The van der Waals surface area contributed by atoms with Crippen molar-refractivity contribution in [3.05, 3.63) is 34.9 Å². The molecule has 1 aromatic rings. The highest BCUT2D eigenvalue weighted by Gasteiger charge is 2.41. The molecule has 0 radical (unpaired) electrons. The third-order valence-electron chi connectivity index (χ3n) is 4.33. The van der Waals surface area contributed by atoms with Gasteiger partial charge in [0.05, 0.1) is 17.2 Å². The summed E-state index contributed by atoms with van der Waals surface area (Å²) in [6.07, 6.45) is -8.36. The monoisotopic (exact) mass is 380 g/mol. The number of alkyl halides is 6. The van der Waals surface area contributed by atoms with Crippen LogP contribution in [0.25, 0.3) is 0 Å². The van der Waals surface area contributed by atoms with Gasteiger partial charge in [-0.15, -0.1) is 0 Å². The minimum absolute atomic E-state index is 0.0205. The van der Waals surface area contributed by atoms with Crippen LogP contribution in [-0.4, -0.2) is 35.3 Å². The van der Waals surface area contributed by atoms with Crippen molar-refractivity contribution >= 4 is 11.8 Å². The average molecular weight is 380 g/mol. The first kappa shape index (κ1) is 18.5. The van der Waals surface area contributed by atoms with Gasteiger partial charge in [0.2, 0.25) is 5.91 Å². The zero-order chi connectivity index (χ0) is 19.3. The second-order valence-corrected chi connectivity index (χ2v) is 6.45. The molecule has 4 nitrogen and oxygen atoms in total. The highest BCUT2D eigenvalue weighted by atomic mass is 19.4. The van der Waals surface area contributed by atoms with E-state index >= 15 is 0 Å². The molecule has 3 rings (SSSR count). The van der Waals surface area contributed by atoms with E-state index in [1.54, 1.807) is 4.90 Å². The van der Waals surface area contributed by atoms with Crippen molar-refractivity contribution < 1.29 is 35.9 Å².